The Bertz CT molecular complexity index is 214. The minimum atomic E-state index is 0.239. The monoisotopic (exact) mass is 257 g/mol. The number of thiol groups is 1. The molecule has 0 aliphatic heterocycles. The summed E-state index contributed by atoms with van der Waals surface area (Å²) in [5.41, 5.74) is 0. The van der Waals surface area contributed by atoms with Crippen molar-refractivity contribution < 1.29 is 4.79 Å². The van der Waals surface area contributed by atoms with Crippen LogP contribution in [0.25, 0.3) is 0 Å². The molecule has 1 fully saturated rings. The predicted octanol–water partition coefficient (Wildman–Crippen LogP) is 3.42. The summed E-state index contributed by atoms with van der Waals surface area (Å²) in [5, 5.41) is 2.99. The second kappa shape index (κ2) is 8.84. The van der Waals surface area contributed by atoms with Gasteiger partial charge in [-0.1, -0.05) is 45.4 Å². The Morgan fingerprint density at radius 2 is 2.06 bits per heavy atom. The molecule has 1 amide bonds. The van der Waals surface area contributed by atoms with Crippen LogP contribution in [-0.2, 0) is 4.79 Å². The summed E-state index contributed by atoms with van der Waals surface area (Å²) in [6, 6.07) is 0. The van der Waals surface area contributed by atoms with Gasteiger partial charge in [-0.15, -0.1) is 0 Å². The zero-order chi connectivity index (χ0) is 12.5. The summed E-state index contributed by atoms with van der Waals surface area (Å²) >= 11 is 4.13. The van der Waals surface area contributed by atoms with Gasteiger partial charge in [0.15, 0.2) is 0 Å². The van der Waals surface area contributed by atoms with Crippen LogP contribution in [0.3, 0.4) is 0 Å². The quantitative estimate of drug-likeness (QED) is 0.672. The van der Waals surface area contributed by atoms with Crippen molar-refractivity contribution in [2.24, 2.45) is 11.8 Å². The Morgan fingerprint density at radius 1 is 1.35 bits per heavy atom. The van der Waals surface area contributed by atoms with Crippen molar-refractivity contribution in [1.29, 1.82) is 0 Å². The number of hydrogen-bond donors (Lipinski definition) is 2. The Labute approximate surface area is 111 Å². The van der Waals surface area contributed by atoms with Gasteiger partial charge in [-0.25, -0.2) is 0 Å². The molecule has 1 unspecified atom stereocenters. The van der Waals surface area contributed by atoms with Crippen molar-refractivity contribution in [2.45, 2.75) is 58.3 Å². The van der Waals surface area contributed by atoms with Gasteiger partial charge in [0.1, 0.15) is 0 Å². The Morgan fingerprint density at radius 3 is 2.65 bits per heavy atom. The molecule has 0 aromatic rings. The van der Waals surface area contributed by atoms with Crippen LogP contribution in [0.5, 0.6) is 0 Å². The van der Waals surface area contributed by atoms with Crippen molar-refractivity contribution in [2.75, 3.05) is 12.3 Å². The molecule has 1 saturated carbocycles. The van der Waals surface area contributed by atoms with Crippen LogP contribution in [0, 0.1) is 11.8 Å². The molecule has 1 aliphatic carbocycles. The average molecular weight is 257 g/mol. The minimum absolute atomic E-state index is 0.239. The van der Waals surface area contributed by atoms with E-state index < -0.39 is 0 Å². The van der Waals surface area contributed by atoms with Crippen LogP contribution in [-0.4, -0.2) is 18.2 Å². The van der Waals surface area contributed by atoms with Crippen molar-refractivity contribution in [3.63, 3.8) is 0 Å². The van der Waals surface area contributed by atoms with Crippen LogP contribution in [0.15, 0.2) is 0 Å². The van der Waals surface area contributed by atoms with Crippen LogP contribution < -0.4 is 5.32 Å². The highest BCUT2D eigenvalue weighted by molar-refractivity contribution is 7.80. The summed E-state index contributed by atoms with van der Waals surface area (Å²) < 4.78 is 0. The second-order valence-corrected chi connectivity index (χ2v) is 5.69. The Kier molecular flexibility index (Phi) is 7.74. The van der Waals surface area contributed by atoms with E-state index in [9.17, 15) is 4.79 Å². The minimum Gasteiger partial charge on any atom is -0.355 e. The van der Waals surface area contributed by atoms with Gasteiger partial charge in [-0.05, 0) is 18.8 Å². The largest absolute Gasteiger partial charge is 0.355 e. The maximum atomic E-state index is 12.0. The molecule has 0 heterocycles. The first-order valence-corrected chi connectivity index (χ1v) is 7.79. The Hall–Kier alpha value is -0.180. The standard InChI is InChI=1S/C14H27NOS/c1-2-6-13(14(16)15-9-10-17)11-12-7-4-3-5-8-12/h12-13,17H,2-11H2,1H3,(H,15,16). The zero-order valence-corrected chi connectivity index (χ0v) is 12.0. The molecular formula is C14H27NOS. The van der Waals surface area contributed by atoms with E-state index in [-0.39, 0.29) is 11.8 Å². The molecular weight excluding hydrogens is 230 g/mol. The fourth-order valence-electron chi connectivity index (χ4n) is 2.85. The zero-order valence-electron chi connectivity index (χ0n) is 11.1. The molecule has 1 rings (SSSR count). The summed E-state index contributed by atoms with van der Waals surface area (Å²) in [6.45, 7) is 2.87. The van der Waals surface area contributed by atoms with E-state index in [2.05, 4.69) is 24.9 Å². The molecule has 0 aromatic carbocycles. The van der Waals surface area contributed by atoms with Gasteiger partial charge in [0, 0.05) is 18.2 Å². The second-order valence-electron chi connectivity index (χ2n) is 5.24. The molecule has 2 nitrogen and oxygen atoms in total. The molecule has 0 aromatic heterocycles. The molecule has 17 heavy (non-hydrogen) atoms. The van der Waals surface area contributed by atoms with Crippen LogP contribution in [0.1, 0.15) is 58.3 Å². The summed E-state index contributed by atoms with van der Waals surface area (Å²) in [6.07, 6.45) is 10.0. The molecule has 1 aliphatic rings. The molecule has 1 atom stereocenters. The van der Waals surface area contributed by atoms with Gasteiger partial charge in [0.2, 0.25) is 5.91 Å². The molecule has 0 spiro atoms. The smallest absolute Gasteiger partial charge is 0.223 e. The van der Waals surface area contributed by atoms with E-state index in [1.54, 1.807) is 0 Å². The molecule has 1 N–H and O–H groups in total. The average Bonchev–Trinajstić information content (AvgIpc) is 2.36. The van der Waals surface area contributed by atoms with Gasteiger partial charge in [0.05, 0.1) is 0 Å². The maximum absolute atomic E-state index is 12.0. The van der Waals surface area contributed by atoms with E-state index in [1.165, 1.54) is 32.1 Å². The number of hydrogen-bond acceptors (Lipinski definition) is 2. The van der Waals surface area contributed by atoms with E-state index in [4.69, 9.17) is 0 Å². The van der Waals surface area contributed by atoms with Crippen LogP contribution in [0.2, 0.25) is 0 Å². The fourth-order valence-corrected chi connectivity index (χ4v) is 2.96. The third kappa shape index (κ3) is 5.80. The first-order valence-electron chi connectivity index (χ1n) is 7.16. The third-order valence-corrected chi connectivity index (χ3v) is 3.99. The van der Waals surface area contributed by atoms with Gasteiger partial charge in [-0.3, -0.25) is 4.79 Å². The maximum Gasteiger partial charge on any atom is 0.223 e. The van der Waals surface area contributed by atoms with E-state index in [0.717, 1.165) is 30.9 Å². The van der Waals surface area contributed by atoms with Crippen LogP contribution >= 0.6 is 12.6 Å². The number of nitrogens with one attached hydrogen (secondary N) is 1. The van der Waals surface area contributed by atoms with Crippen LogP contribution in [0.4, 0.5) is 0 Å². The van der Waals surface area contributed by atoms with Gasteiger partial charge in [-0.2, -0.15) is 12.6 Å². The van der Waals surface area contributed by atoms with Crippen molar-refractivity contribution in [1.82, 2.24) is 5.32 Å². The van der Waals surface area contributed by atoms with E-state index in [1.807, 2.05) is 0 Å². The normalized spacial score (nSPS) is 18.9. The highest BCUT2D eigenvalue weighted by Gasteiger charge is 2.23. The number of carbonyl (C=O) groups excluding carboxylic acids is 1. The third-order valence-electron chi connectivity index (χ3n) is 3.76. The molecule has 0 bridgehead atoms. The van der Waals surface area contributed by atoms with Crippen molar-refractivity contribution in [3.8, 4) is 0 Å². The summed E-state index contributed by atoms with van der Waals surface area (Å²) in [4.78, 5) is 12.0. The molecule has 0 radical (unpaired) electrons. The fraction of sp³-hybridized carbons (Fsp3) is 0.929. The highest BCUT2D eigenvalue weighted by atomic mass is 32.1. The SMILES string of the molecule is CCCC(CC1CCCCC1)C(=O)NCCS. The predicted molar refractivity (Wildman–Crippen MR) is 76.5 cm³/mol. The molecule has 100 valence electrons. The lowest BCUT2D eigenvalue weighted by atomic mass is 9.81. The number of carbonyl (C=O) groups is 1. The topological polar surface area (TPSA) is 29.1 Å². The van der Waals surface area contributed by atoms with E-state index >= 15 is 0 Å². The lowest BCUT2D eigenvalue weighted by Gasteiger charge is -2.25. The lowest BCUT2D eigenvalue weighted by molar-refractivity contribution is -0.125. The molecule has 3 heteroatoms. The van der Waals surface area contributed by atoms with Gasteiger partial charge < -0.3 is 5.32 Å². The molecule has 0 saturated heterocycles. The van der Waals surface area contributed by atoms with Crippen molar-refractivity contribution in [3.05, 3.63) is 0 Å². The van der Waals surface area contributed by atoms with E-state index in [0.29, 0.717) is 6.54 Å². The van der Waals surface area contributed by atoms with Gasteiger partial charge >= 0.3 is 0 Å². The Balaban J connectivity index is 2.37. The number of rotatable bonds is 7. The summed E-state index contributed by atoms with van der Waals surface area (Å²) in [5.74, 6) is 2.02. The first kappa shape index (κ1) is 14.9. The number of amides is 1. The lowest BCUT2D eigenvalue weighted by Crippen LogP contribution is -2.33. The van der Waals surface area contributed by atoms with Gasteiger partial charge in [0.25, 0.3) is 0 Å². The first-order chi connectivity index (χ1) is 8.27. The highest BCUT2D eigenvalue weighted by Crippen LogP contribution is 2.30. The summed E-state index contributed by atoms with van der Waals surface area (Å²) in [7, 11) is 0. The van der Waals surface area contributed by atoms with Crippen molar-refractivity contribution >= 4 is 18.5 Å².